The fraction of sp³-hybridized carbons (Fsp3) is 0.182. The number of halogens is 1. The van der Waals surface area contributed by atoms with Gasteiger partial charge in [0.25, 0.3) is 0 Å². The average molecular weight is 435 g/mol. The average Bonchev–Trinajstić information content (AvgIpc) is 3.23. The molecule has 5 rings (SSSR count). The van der Waals surface area contributed by atoms with Gasteiger partial charge in [-0.2, -0.15) is 4.98 Å². The molecular formula is C22H19FN6OS. The lowest BCUT2D eigenvalue weighted by Crippen LogP contribution is -2.55. The van der Waals surface area contributed by atoms with Gasteiger partial charge in [-0.15, -0.1) is 11.3 Å². The minimum absolute atomic E-state index is 0.00563. The Morgan fingerprint density at radius 3 is 2.71 bits per heavy atom. The van der Waals surface area contributed by atoms with Crippen molar-refractivity contribution in [2.24, 2.45) is 0 Å². The van der Waals surface area contributed by atoms with Crippen LogP contribution >= 0.6 is 11.3 Å². The number of hydrogen-bond acceptors (Lipinski definition) is 8. The molecule has 0 bridgehead atoms. The van der Waals surface area contributed by atoms with Gasteiger partial charge in [0.2, 0.25) is 5.95 Å². The molecule has 9 heteroatoms. The summed E-state index contributed by atoms with van der Waals surface area (Å²) in [6.07, 6.45) is 3.23. The predicted octanol–water partition coefficient (Wildman–Crippen LogP) is 3.14. The zero-order chi connectivity index (χ0) is 21.4. The monoisotopic (exact) mass is 434 g/mol. The van der Waals surface area contributed by atoms with Crippen molar-refractivity contribution in [3.8, 4) is 10.4 Å². The van der Waals surface area contributed by atoms with Gasteiger partial charge in [-0.3, -0.25) is 9.78 Å². The molecule has 3 N–H and O–H groups in total. The second-order valence-corrected chi connectivity index (χ2v) is 8.29. The Bertz CT molecular complexity index is 1240. The first-order chi connectivity index (χ1) is 15.1. The summed E-state index contributed by atoms with van der Waals surface area (Å²) in [5.41, 5.74) is 7.52. The van der Waals surface area contributed by atoms with Crippen molar-refractivity contribution in [3.63, 3.8) is 0 Å². The molecule has 0 radical (unpaired) electrons. The Morgan fingerprint density at radius 1 is 1.16 bits per heavy atom. The SMILES string of the molecule is Nc1nc(N2CCNCC2C(=O)c2ccncc2)c2cc(-c3ccc(F)cc3)sc2n1. The molecule has 7 nitrogen and oxygen atoms in total. The number of nitrogens with two attached hydrogens (primary N) is 1. The Morgan fingerprint density at radius 2 is 1.94 bits per heavy atom. The van der Waals surface area contributed by atoms with Crippen molar-refractivity contribution in [2.75, 3.05) is 30.3 Å². The smallest absolute Gasteiger partial charge is 0.223 e. The summed E-state index contributed by atoms with van der Waals surface area (Å²) in [6.45, 7) is 1.83. The molecule has 0 spiro atoms. The van der Waals surface area contributed by atoms with Crippen LogP contribution in [0.15, 0.2) is 54.9 Å². The summed E-state index contributed by atoms with van der Waals surface area (Å²) in [6, 6.07) is 11.3. The largest absolute Gasteiger partial charge is 0.368 e. The van der Waals surface area contributed by atoms with E-state index in [9.17, 15) is 9.18 Å². The zero-order valence-corrected chi connectivity index (χ0v) is 17.3. The van der Waals surface area contributed by atoms with Crippen LogP contribution < -0.4 is 16.0 Å². The first-order valence-electron chi connectivity index (χ1n) is 9.85. The third-order valence-corrected chi connectivity index (χ3v) is 6.38. The standard InChI is InChI=1S/C22H19FN6OS/c23-15-3-1-13(2-4-15)18-11-16-20(27-22(24)28-21(16)31-18)29-10-9-26-12-17(29)19(30)14-5-7-25-8-6-14/h1-8,11,17,26H,9-10,12H2,(H2,24,27,28). The molecule has 156 valence electrons. The quantitative estimate of drug-likeness (QED) is 0.476. The molecule has 4 heterocycles. The van der Waals surface area contributed by atoms with Gasteiger partial charge < -0.3 is 16.0 Å². The molecular weight excluding hydrogens is 415 g/mol. The van der Waals surface area contributed by atoms with Crippen molar-refractivity contribution in [1.82, 2.24) is 20.3 Å². The lowest BCUT2D eigenvalue weighted by molar-refractivity contribution is 0.0950. The molecule has 31 heavy (non-hydrogen) atoms. The number of ketones is 1. The molecule has 1 unspecified atom stereocenters. The Kier molecular flexibility index (Phi) is 5.05. The minimum atomic E-state index is -0.428. The van der Waals surface area contributed by atoms with E-state index in [0.717, 1.165) is 27.2 Å². The number of fused-ring (bicyclic) bond motifs is 1. The maximum atomic E-state index is 13.3. The number of nitrogens with zero attached hydrogens (tertiary/aromatic N) is 4. The number of Topliss-reactive ketones (excluding diaryl/α,β-unsaturated/α-hetero) is 1. The fourth-order valence-electron chi connectivity index (χ4n) is 3.80. The maximum absolute atomic E-state index is 13.3. The van der Waals surface area contributed by atoms with Crippen molar-refractivity contribution in [2.45, 2.75) is 6.04 Å². The van der Waals surface area contributed by atoms with E-state index in [1.807, 2.05) is 11.0 Å². The molecule has 0 aliphatic carbocycles. The highest BCUT2D eigenvalue weighted by molar-refractivity contribution is 7.22. The number of benzene rings is 1. The van der Waals surface area contributed by atoms with Crippen molar-refractivity contribution in [3.05, 3.63) is 66.2 Å². The number of carbonyl (C=O) groups excluding carboxylic acids is 1. The van der Waals surface area contributed by atoms with Crippen LogP contribution in [0.1, 0.15) is 10.4 Å². The van der Waals surface area contributed by atoms with Gasteiger partial charge in [-0.05, 0) is 35.9 Å². The predicted molar refractivity (Wildman–Crippen MR) is 120 cm³/mol. The first kappa shape index (κ1) is 19.5. The third kappa shape index (κ3) is 3.73. The second-order valence-electron chi connectivity index (χ2n) is 7.26. The van der Waals surface area contributed by atoms with Gasteiger partial charge in [0.05, 0.1) is 5.39 Å². The lowest BCUT2D eigenvalue weighted by atomic mass is 10.0. The molecule has 0 saturated carbocycles. The van der Waals surface area contributed by atoms with Crippen LogP contribution in [-0.2, 0) is 0 Å². The lowest BCUT2D eigenvalue weighted by Gasteiger charge is -2.36. The van der Waals surface area contributed by atoms with Crippen LogP contribution in [0, 0.1) is 5.82 Å². The molecule has 1 aromatic carbocycles. The molecule has 1 fully saturated rings. The van der Waals surface area contributed by atoms with Crippen LogP contribution in [-0.4, -0.2) is 46.4 Å². The van der Waals surface area contributed by atoms with E-state index < -0.39 is 6.04 Å². The highest BCUT2D eigenvalue weighted by atomic mass is 32.1. The number of carbonyl (C=O) groups is 1. The van der Waals surface area contributed by atoms with E-state index >= 15 is 0 Å². The number of rotatable bonds is 4. The zero-order valence-electron chi connectivity index (χ0n) is 16.5. The van der Waals surface area contributed by atoms with E-state index in [4.69, 9.17) is 5.73 Å². The summed E-state index contributed by atoms with van der Waals surface area (Å²) >= 11 is 1.47. The van der Waals surface area contributed by atoms with Crippen LogP contribution in [0.25, 0.3) is 20.7 Å². The fourth-order valence-corrected chi connectivity index (χ4v) is 4.84. The van der Waals surface area contributed by atoms with E-state index in [2.05, 4.69) is 20.3 Å². The number of nitrogens with one attached hydrogen (secondary N) is 1. The van der Waals surface area contributed by atoms with Gasteiger partial charge >= 0.3 is 0 Å². The normalized spacial score (nSPS) is 16.5. The molecule has 3 aromatic heterocycles. The van der Waals surface area contributed by atoms with Crippen molar-refractivity contribution < 1.29 is 9.18 Å². The number of nitrogen functional groups attached to an aromatic ring is 1. The summed E-state index contributed by atoms with van der Waals surface area (Å²) in [7, 11) is 0. The number of piperazine rings is 1. The van der Waals surface area contributed by atoms with Crippen molar-refractivity contribution in [1.29, 1.82) is 0 Å². The van der Waals surface area contributed by atoms with E-state index in [1.54, 1.807) is 36.7 Å². The van der Waals surface area contributed by atoms with Crippen LogP contribution in [0.5, 0.6) is 0 Å². The summed E-state index contributed by atoms with van der Waals surface area (Å²) in [5.74, 6) is 0.506. The second kappa shape index (κ2) is 8.01. The van der Waals surface area contributed by atoms with Crippen LogP contribution in [0.4, 0.5) is 16.2 Å². The van der Waals surface area contributed by atoms with Crippen LogP contribution in [0.2, 0.25) is 0 Å². The number of thiophene rings is 1. The summed E-state index contributed by atoms with van der Waals surface area (Å²) in [5, 5.41) is 4.13. The topological polar surface area (TPSA) is 97.0 Å². The van der Waals surface area contributed by atoms with Gasteiger partial charge in [0.1, 0.15) is 22.5 Å². The van der Waals surface area contributed by atoms with Crippen LogP contribution in [0.3, 0.4) is 0 Å². The van der Waals surface area contributed by atoms with Gasteiger partial charge in [-0.25, -0.2) is 9.37 Å². The molecule has 1 aliphatic rings. The third-order valence-electron chi connectivity index (χ3n) is 5.30. The number of aromatic nitrogens is 3. The molecule has 4 aromatic rings. The molecule has 1 atom stereocenters. The van der Waals surface area contributed by atoms with Gasteiger partial charge in [0.15, 0.2) is 5.78 Å². The van der Waals surface area contributed by atoms with E-state index in [-0.39, 0.29) is 17.5 Å². The number of hydrogen-bond donors (Lipinski definition) is 2. The Hall–Kier alpha value is -3.43. The summed E-state index contributed by atoms with van der Waals surface area (Å²) < 4.78 is 13.3. The molecule has 1 saturated heterocycles. The summed E-state index contributed by atoms with van der Waals surface area (Å²) in [4.78, 5) is 29.8. The van der Waals surface area contributed by atoms with Gasteiger partial charge in [-0.1, -0.05) is 12.1 Å². The Labute approximate surface area is 181 Å². The highest BCUT2D eigenvalue weighted by Gasteiger charge is 2.32. The van der Waals surface area contributed by atoms with Gasteiger partial charge in [0, 0.05) is 42.5 Å². The maximum Gasteiger partial charge on any atom is 0.223 e. The van der Waals surface area contributed by atoms with E-state index in [1.165, 1.54) is 23.5 Å². The van der Waals surface area contributed by atoms with E-state index in [0.29, 0.717) is 24.5 Å². The molecule has 1 aliphatic heterocycles. The minimum Gasteiger partial charge on any atom is -0.368 e. The highest BCUT2D eigenvalue weighted by Crippen LogP contribution is 2.38. The number of pyridine rings is 1. The Balaban J connectivity index is 1.59. The number of anilines is 2. The van der Waals surface area contributed by atoms with Crippen molar-refractivity contribution >= 4 is 39.1 Å². The molecule has 0 amide bonds. The first-order valence-corrected chi connectivity index (χ1v) is 10.7.